The minimum absolute atomic E-state index is 0.600. The number of nitrogens with zero attached hydrogens (tertiary/aromatic N) is 1. The molecule has 1 N–H and O–H groups in total. The Bertz CT molecular complexity index is 339. The summed E-state index contributed by atoms with van der Waals surface area (Å²) in [6.07, 6.45) is 0. The molecule has 70 valence electrons. The molecule has 0 aromatic heterocycles. The topological polar surface area (TPSA) is 15.3 Å². The Balaban J connectivity index is 2.52. The number of halogens is 2. The summed E-state index contributed by atoms with van der Waals surface area (Å²) in [4.78, 5) is 2.16. The maximum Gasteiger partial charge on any atom is 0.0616 e. The Labute approximate surface area is 87.4 Å². The van der Waals surface area contributed by atoms with Gasteiger partial charge in [0.15, 0.2) is 0 Å². The second-order valence-electron chi connectivity index (χ2n) is 3.13. The van der Waals surface area contributed by atoms with Crippen LogP contribution >= 0.6 is 23.2 Å². The minimum Gasteiger partial charge on any atom is -0.382 e. The van der Waals surface area contributed by atoms with Gasteiger partial charge in [-0.1, -0.05) is 23.2 Å². The first-order valence-electron chi connectivity index (χ1n) is 4.12. The summed E-state index contributed by atoms with van der Waals surface area (Å²) in [7, 11) is 2.05. The van der Waals surface area contributed by atoms with E-state index in [1.165, 1.54) is 0 Å². The number of benzene rings is 1. The van der Waals surface area contributed by atoms with Gasteiger partial charge >= 0.3 is 0 Å². The first-order chi connectivity index (χ1) is 6.18. The van der Waals surface area contributed by atoms with Crippen molar-refractivity contribution in [3.05, 3.63) is 22.2 Å². The fourth-order valence-corrected chi connectivity index (χ4v) is 1.79. The third kappa shape index (κ3) is 1.56. The summed E-state index contributed by atoms with van der Waals surface area (Å²) in [6, 6.07) is 3.76. The monoisotopic (exact) mass is 216 g/mol. The second-order valence-corrected chi connectivity index (χ2v) is 3.95. The van der Waals surface area contributed by atoms with E-state index in [0.717, 1.165) is 24.5 Å². The van der Waals surface area contributed by atoms with E-state index in [0.29, 0.717) is 10.0 Å². The fourth-order valence-electron chi connectivity index (χ4n) is 1.47. The molecular weight excluding hydrogens is 207 g/mol. The van der Waals surface area contributed by atoms with E-state index in [9.17, 15) is 0 Å². The highest BCUT2D eigenvalue weighted by Gasteiger charge is 2.14. The van der Waals surface area contributed by atoms with Crippen LogP contribution in [0.5, 0.6) is 0 Å². The quantitative estimate of drug-likeness (QED) is 0.718. The Kier molecular flexibility index (Phi) is 2.26. The van der Waals surface area contributed by atoms with Crippen molar-refractivity contribution in [1.82, 2.24) is 0 Å². The van der Waals surface area contributed by atoms with E-state index in [2.05, 4.69) is 10.2 Å². The second kappa shape index (κ2) is 3.28. The molecule has 1 aromatic rings. The summed E-state index contributed by atoms with van der Waals surface area (Å²) in [6.45, 7) is 1.94. The van der Waals surface area contributed by atoms with Crippen LogP contribution in [0.15, 0.2) is 12.1 Å². The van der Waals surface area contributed by atoms with Crippen molar-refractivity contribution in [2.75, 3.05) is 30.4 Å². The molecule has 0 radical (unpaired) electrons. The lowest BCUT2D eigenvalue weighted by Gasteiger charge is -2.28. The van der Waals surface area contributed by atoms with Gasteiger partial charge in [-0.25, -0.2) is 0 Å². The Morgan fingerprint density at radius 1 is 1.31 bits per heavy atom. The Hall–Kier alpha value is -0.600. The summed E-state index contributed by atoms with van der Waals surface area (Å²) in [5.74, 6) is 0. The molecule has 0 unspecified atom stereocenters. The summed E-state index contributed by atoms with van der Waals surface area (Å²) in [5.41, 5.74) is 2.17. The molecule has 1 aromatic carbocycles. The molecule has 1 heterocycles. The van der Waals surface area contributed by atoms with Crippen LogP contribution in [-0.4, -0.2) is 20.1 Å². The van der Waals surface area contributed by atoms with Crippen LogP contribution in [0.1, 0.15) is 0 Å². The highest BCUT2D eigenvalue weighted by molar-refractivity contribution is 6.42. The van der Waals surface area contributed by atoms with Crippen LogP contribution in [0.25, 0.3) is 0 Å². The van der Waals surface area contributed by atoms with Crippen molar-refractivity contribution in [2.45, 2.75) is 0 Å². The largest absolute Gasteiger partial charge is 0.382 e. The molecule has 0 bridgehead atoms. The van der Waals surface area contributed by atoms with Crippen LogP contribution in [0, 0.1) is 0 Å². The van der Waals surface area contributed by atoms with Crippen LogP contribution in [0.4, 0.5) is 11.4 Å². The molecule has 1 aliphatic heterocycles. The van der Waals surface area contributed by atoms with Gasteiger partial charge in [0.05, 0.1) is 21.4 Å². The smallest absolute Gasteiger partial charge is 0.0616 e. The van der Waals surface area contributed by atoms with Crippen LogP contribution in [0.2, 0.25) is 10.0 Å². The minimum atomic E-state index is 0.600. The van der Waals surface area contributed by atoms with Crippen molar-refractivity contribution in [1.29, 1.82) is 0 Å². The molecule has 2 rings (SSSR count). The molecule has 4 heteroatoms. The van der Waals surface area contributed by atoms with Gasteiger partial charge in [0.2, 0.25) is 0 Å². The average Bonchev–Trinajstić information content (AvgIpc) is 2.09. The molecule has 0 atom stereocenters. The highest BCUT2D eigenvalue weighted by atomic mass is 35.5. The molecule has 0 saturated heterocycles. The first kappa shape index (κ1) is 8.97. The normalized spacial score (nSPS) is 15.2. The zero-order valence-electron chi connectivity index (χ0n) is 7.27. The number of rotatable bonds is 0. The maximum absolute atomic E-state index is 5.92. The summed E-state index contributed by atoms with van der Waals surface area (Å²) >= 11 is 11.8. The van der Waals surface area contributed by atoms with Crippen molar-refractivity contribution in [3.63, 3.8) is 0 Å². The van der Waals surface area contributed by atoms with Gasteiger partial charge < -0.3 is 10.2 Å². The van der Waals surface area contributed by atoms with Crippen molar-refractivity contribution >= 4 is 34.6 Å². The molecule has 0 saturated carbocycles. The van der Waals surface area contributed by atoms with Crippen molar-refractivity contribution in [2.24, 2.45) is 0 Å². The van der Waals surface area contributed by atoms with E-state index >= 15 is 0 Å². The number of fused-ring (bicyclic) bond motifs is 1. The number of nitrogens with one attached hydrogen (secondary N) is 1. The number of hydrogen-bond donors (Lipinski definition) is 1. The first-order valence-corrected chi connectivity index (χ1v) is 4.88. The van der Waals surface area contributed by atoms with Gasteiger partial charge in [-0.3, -0.25) is 0 Å². The van der Waals surface area contributed by atoms with Gasteiger partial charge in [-0.15, -0.1) is 0 Å². The molecular formula is C9H10Cl2N2. The van der Waals surface area contributed by atoms with Crippen molar-refractivity contribution in [3.8, 4) is 0 Å². The van der Waals surface area contributed by atoms with Gasteiger partial charge in [0.1, 0.15) is 0 Å². The molecule has 0 aliphatic carbocycles. The molecule has 13 heavy (non-hydrogen) atoms. The maximum atomic E-state index is 5.92. The average molecular weight is 217 g/mol. The number of likely N-dealkylation sites (N-methyl/N-ethyl adjacent to an activating group) is 1. The lowest BCUT2D eigenvalue weighted by atomic mass is 10.2. The molecule has 2 nitrogen and oxygen atoms in total. The molecule has 1 aliphatic rings. The van der Waals surface area contributed by atoms with Gasteiger partial charge in [-0.05, 0) is 12.1 Å². The molecule has 0 spiro atoms. The molecule has 0 amide bonds. The SMILES string of the molecule is CN1CCNc2cc(Cl)c(Cl)cc21. The zero-order valence-corrected chi connectivity index (χ0v) is 8.78. The van der Waals surface area contributed by atoms with Crippen LogP contribution in [0.3, 0.4) is 0 Å². The predicted octanol–water partition coefficient (Wildman–Crippen LogP) is 2.86. The van der Waals surface area contributed by atoms with E-state index in [4.69, 9.17) is 23.2 Å². The third-order valence-electron chi connectivity index (χ3n) is 2.21. The third-order valence-corrected chi connectivity index (χ3v) is 2.93. The summed E-state index contributed by atoms with van der Waals surface area (Å²) < 4.78 is 0. The van der Waals surface area contributed by atoms with Crippen LogP contribution < -0.4 is 10.2 Å². The van der Waals surface area contributed by atoms with Gasteiger partial charge in [0, 0.05) is 20.1 Å². The van der Waals surface area contributed by atoms with Crippen molar-refractivity contribution < 1.29 is 0 Å². The van der Waals surface area contributed by atoms with Gasteiger partial charge in [-0.2, -0.15) is 0 Å². The highest BCUT2D eigenvalue weighted by Crippen LogP contribution is 2.35. The lowest BCUT2D eigenvalue weighted by Crippen LogP contribution is -2.30. The lowest BCUT2D eigenvalue weighted by molar-refractivity contribution is 0.887. The van der Waals surface area contributed by atoms with E-state index in [1.807, 2.05) is 19.2 Å². The zero-order chi connectivity index (χ0) is 9.42. The number of hydrogen-bond acceptors (Lipinski definition) is 2. The van der Waals surface area contributed by atoms with E-state index in [-0.39, 0.29) is 0 Å². The predicted molar refractivity (Wildman–Crippen MR) is 58.2 cm³/mol. The number of anilines is 2. The fraction of sp³-hybridized carbons (Fsp3) is 0.333. The Morgan fingerprint density at radius 2 is 2.00 bits per heavy atom. The van der Waals surface area contributed by atoms with E-state index in [1.54, 1.807) is 0 Å². The van der Waals surface area contributed by atoms with Crippen LogP contribution in [-0.2, 0) is 0 Å². The Morgan fingerprint density at radius 3 is 2.77 bits per heavy atom. The summed E-state index contributed by atoms with van der Waals surface area (Å²) in [5, 5.41) is 4.48. The molecule has 0 fully saturated rings. The van der Waals surface area contributed by atoms with Gasteiger partial charge in [0.25, 0.3) is 0 Å². The standard InChI is InChI=1S/C9H10Cl2N2/c1-13-3-2-12-8-4-6(10)7(11)5-9(8)13/h4-5,12H,2-3H2,1H3. The van der Waals surface area contributed by atoms with E-state index < -0.39 is 0 Å².